The van der Waals surface area contributed by atoms with Crippen molar-refractivity contribution in [3.05, 3.63) is 41.0 Å². The summed E-state index contributed by atoms with van der Waals surface area (Å²) in [5.74, 6) is -1.77. The van der Waals surface area contributed by atoms with Gasteiger partial charge in [-0.15, -0.1) is 11.3 Å². The quantitative estimate of drug-likeness (QED) is 0.812. The molecule has 0 saturated carbocycles. The minimum absolute atomic E-state index is 0.222. The average molecular weight is 321 g/mol. The normalized spacial score (nSPS) is 11.7. The first-order valence-electron chi connectivity index (χ1n) is 6.40. The van der Waals surface area contributed by atoms with Gasteiger partial charge in [-0.25, -0.2) is 4.79 Å². The Balaban J connectivity index is 2.01. The highest BCUT2D eigenvalue weighted by molar-refractivity contribution is 7.14. The molecule has 2 rings (SSSR count). The third kappa shape index (κ3) is 3.34. The maximum absolute atomic E-state index is 12.0. The lowest BCUT2D eigenvalue weighted by Crippen LogP contribution is -2.30. The molecule has 0 bridgehead atoms. The number of anilines is 1. The molecule has 0 radical (unpaired) electrons. The van der Waals surface area contributed by atoms with Crippen LogP contribution in [0.3, 0.4) is 0 Å². The number of nitrogens with two attached hydrogens (primary N) is 1. The molecule has 116 valence electrons. The number of ether oxygens (including phenoxy) is 1. The summed E-state index contributed by atoms with van der Waals surface area (Å²) in [6, 6.07) is 4.81. The van der Waals surface area contributed by atoms with E-state index in [2.05, 4.69) is 5.32 Å². The second-order valence-corrected chi connectivity index (χ2v) is 5.48. The molecule has 2 heterocycles. The third-order valence-corrected chi connectivity index (χ3v) is 3.80. The molecule has 7 nitrogen and oxygen atoms in total. The summed E-state index contributed by atoms with van der Waals surface area (Å²) in [4.78, 5) is 35.2. The van der Waals surface area contributed by atoms with Gasteiger partial charge in [0.25, 0.3) is 11.8 Å². The zero-order valence-corrected chi connectivity index (χ0v) is 12.8. The molecule has 0 spiro atoms. The number of hydrogen-bond donors (Lipinski definition) is 2. The second-order valence-electron chi connectivity index (χ2n) is 4.57. The molecule has 0 aliphatic heterocycles. The van der Waals surface area contributed by atoms with Crippen molar-refractivity contribution in [3.63, 3.8) is 0 Å². The molecule has 0 aromatic carbocycles. The van der Waals surface area contributed by atoms with Crippen LogP contribution >= 0.6 is 11.3 Å². The van der Waals surface area contributed by atoms with Gasteiger partial charge in [0.1, 0.15) is 10.7 Å². The van der Waals surface area contributed by atoms with Crippen molar-refractivity contribution in [2.24, 2.45) is 12.8 Å². The van der Waals surface area contributed by atoms with Gasteiger partial charge in [-0.05, 0) is 30.5 Å². The Kier molecular flexibility index (Phi) is 4.62. The Labute approximate surface area is 130 Å². The molecule has 0 aliphatic rings. The van der Waals surface area contributed by atoms with Crippen LogP contribution in [-0.4, -0.2) is 28.5 Å². The van der Waals surface area contributed by atoms with E-state index in [1.165, 1.54) is 24.3 Å². The third-order valence-electron chi connectivity index (χ3n) is 2.97. The van der Waals surface area contributed by atoms with Gasteiger partial charge in [-0.2, -0.15) is 0 Å². The molecular weight excluding hydrogens is 306 g/mol. The SMILES string of the molecule is C[C@H](OC(=O)c1cccn1C)C(=O)Nc1sccc1C(N)=O. The van der Waals surface area contributed by atoms with Crippen LogP contribution in [0.4, 0.5) is 5.00 Å². The Morgan fingerprint density at radius 3 is 2.68 bits per heavy atom. The molecule has 3 N–H and O–H groups in total. The lowest BCUT2D eigenvalue weighted by molar-refractivity contribution is -0.123. The minimum Gasteiger partial charge on any atom is -0.448 e. The zero-order valence-electron chi connectivity index (χ0n) is 12.0. The first-order chi connectivity index (χ1) is 10.4. The number of nitrogens with zero attached hydrogens (tertiary/aromatic N) is 1. The van der Waals surface area contributed by atoms with Crippen LogP contribution < -0.4 is 11.1 Å². The Hall–Kier alpha value is -2.61. The summed E-state index contributed by atoms with van der Waals surface area (Å²) in [7, 11) is 1.70. The second kappa shape index (κ2) is 6.44. The van der Waals surface area contributed by atoms with E-state index in [1.54, 1.807) is 35.3 Å². The summed E-state index contributed by atoms with van der Waals surface area (Å²) in [5.41, 5.74) is 5.76. The van der Waals surface area contributed by atoms with Crippen molar-refractivity contribution >= 4 is 34.1 Å². The number of aryl methyl sites for hydroxylation is 1. The van der Waals surface area contributed by atoms with Crippen molar-refractivity contribution in [2.75, 3.05) is 5.32 Å². The first-order valence-corrected chi connectivity index (χ1v) is 7.28. The van der Waals surface area contributed by atoms with E-state index >= 15 is 0 Å². The van der Waals surface area contributed by atoms with Gasteiger partial charge in [-0.3, -0.25) is 9.59 Å². The molecule has 2 aromatic rings. The molecule has 1 atom stereocenters. The molecule has 0 unspecified atom stereocenters. The standard InChI is InChI=1S/C14H15N3O4S/c1-8(21-14(20)10-4-3-6-17(10)2)12(19)16-13-9(11(15)18)5-7-22-13/h3-8H,1-2H3,(H2,15,18)(H,16,19)/t8-/m0/s1. The summed E-state index contributed by atoms with van der Waals surface area (Å²) in [6.07, 6.45) is 0.691. The number of primary amides is 1. The van der Waals surface area contributed by atoms with E-state index in [1.807, 2.05) is 0 Å². The summed E-state index contributed by atoms with van der Waals surface area (Å²) >= 11 is 1.17. The Morgan fingerprint density at radius 1 is 1.36 bits per heavy atom. The van der Waals surface area contributed by atoms with Crippen molar-refractivity contribution in [3.8, 4) is 0 Å². The van der Waals surface area contributed by atoms with Gasteiger partial charge in [0.05, 0.1) is 5.56 Å². The van der Waals surface area contributed by atoms with Crippen LogP contribution in [0.25, 0.3) is 0 Å². The monoisotopic (exact) mass is 321 g/mol. The molecule has 2 aromatic heterocycles. The van der Waals surface area contributed by atoms with Gasteiger partial charge >= 0.3 is 5.97 Å². The molecule has 2 amide bonds. The number of rotatable bonds is 5. The van der Waals surface area contributed by atoms with E-state index in [9.17, 15) is 14.4 Å². The minimum atomic E-state index is -1.01. The van der Waals surface area contributed by atoms with E-state index in [0.717, 1.165) is 0 Å². The van der Waals surface area contributed by atoms with Gasteiger partial charge in [0.15, 0.2) is 6.10 Å². The lowest BCUT2D eigenvalue weighted by Gasteiger charge is -2.13. The van der Waals surface area contributed by atoms with Gasteiger partial charge in [-0.1, -0.05) is 0 Å². The maximum atomic E-state index is 12.0. The highest BCUT2D eigenvalue weighted by atomic mass is 32.1. The fourth-order valence-electron chi connectivity index (χ4n) is 1.76. The number of thiophene rings is 1. The number of nitrogens with one attached hydrogen (secondary N) is 1. The van der Waals surface area contributed by atoms with Crippen LogP contribution in [0, 0.1) is 0 Å². The van der Waals surface area contributed by atoms with Crippen LogP contribution in [0.5, 0.6) is 0 Å². The van der Waals surface area contributed by atoms with Crippen molar-refractivity contribution < 1.29 is 19.1 Å². The van der Waals surface area contributed by atoms with Crippen molar-refractivity contribution in [1.29, 1.82) is 0 Å². The Morgan fingerprint density at radius 2 is 2.09 bits per heavy atom. The summed E-state index contributed by atoms with van der Waals surface area (Å²) < 4.78 is 6.70. The van der Waals surface area contributed by atoms with Crippen LogP contribution in [0.2, 0.25) is 0 Å². The van der Waals surface area contributed by atoms with Crippen molar-refractivity contribution in [2.45, 2.75) is 13.0 Å². The topological polar surface area (TPSA) is 103 Å². The molecule has 0 aliphatic carbocycles. The molecule has 22 heavy (non-hydrogen) atoms. The van der Waals surface area contributed by atoms with Crippen LogP contribution in [-0.2, 0) is 16.6 Å². The predicted octanol–water partition coefficient (Wildman–Crippen LogP) is 1.37. The van der Waals surface area contributed by atoms with Gasteiger partial charge in [0.2, 0.25) is 0 Å². The lowest BCUT2D eigenvalue weighted by atomic mass is 10.3. The maximum Gasteiger partial charge on any atom is 0.355 e. The zero-order chi connectivity index (χ0) is 16.3. The molecule has 8 heteroatoms. The number of amides is 2. The number of hydrogen-bond acceptors (Lipinski definition) is 5. The number of esters is 1. The Bertz CT molecular complexity index is 719. The van der Waals surface area contributed by atoms with E-state index in [0.29, 0.717) is 10.7 Å². The smallest absolute Gasteiger partial charge is 0.355 e. The van der Waals surface area contributed by atoms with E-state index < -0.39 is 23.9 Å². The van der Waals surface area contributed by atoms with Crippen LogP contribution in [0.1, 0.15) is 27.8 Å². The fourth-order valence-corrected chi connectivity index (χ4v) is 2.56. The highest BCUT2D eigenvalue weighted by Crippen LogP contribution is 2.23. The van der Waals surface area contributed by atoms with Gasteiger partial charge in [0, 0.05) is 13.2 Å². The average Bonchev–Trinajstić information content (AvgIpc) is 3.07. The predicted molar refractivity (Wildman–Crippen MR) is 81.8 cm³/mol. The number of aromatic nitrogens is 1. The largest absolute Gasteiger partial charge is 0.448 e. The molecule has 0 saturated heterocycles. The van der Waals surface area contributed by atoms with E-state index in [-0.39, 0.29) is 5.56 Å². The van der Waals surface area contributed by atoms with E-state index in [4.69, 9.17) is 10.5 Å². The van der Waals surface area contributed by atoms with Crippen LogP contribution in [0.15, 0.2) is 29.8 Å². The fraction of sp³-hybridized carbons (Fsp3) is 0.214. The number of carbonyl (C=O) groups is 3. The highest BCUT2D eigenvalue weighted by Gasteiger charge is 2.22. The summed E-state index contributed by atoms with van der Waals surface area (Å²) in [6.45, 7) is 1.45. The van der Waals surface area contributed by atoms with Gasteiger partial charge < -0.3 is 20.4 Å². The molecule has 0 fully saturated rings. The summed E-state index contributed by atoms with van der Waals surface area (Å²) in [5, 5.41) is 4.50. The number of carbonyl (C=O) groups excluding carboxylic acids is 3. The van der Waals surface area contributed by atoms with Crippen molar-refractivity contribution in [1.82, 2.24) is 4.57 Å². The first kappa shape index (κ1) is 15.8. The molecular formula is C14H15N3O4S.